The van der Waals surface area contributed by atoms with Crippen molar-refractivity contribution in [3.05, 3.63) is 91.0 Å². The zero-order valence-electron chi connectivity index (χ0n) is 16.2. The Morgan fingerprint density at radius 1 is 1.03 bits per heavy atom. The van der Waals surface area contributed by atoms with Crippen LogP contribution in [0.2, 0.25) is 0 Å². The molecule has 0 N–H and O–H groups in total. The third-order valence-corrected chi connectivity index (χ3v) is 5.12. The normalized spacial score (nSPS) is 12.1. The molecule has 5 heteroatoms. The minimum atomic E-state index is 0.846. The van der Waals surface area contributed by atoms with Gasteiger partial charge in [0.15, 0.2) is 0 Å². The Kier molecular flexibility index (Phi) is 5.96. The van der Waals surface area contributed by atoms with Crippen molar-refractivity contribution in [1.82, 2.24) is 19.4 Å². The number of allylic oxidation sites excluding steroid dienone is 4. The molecule has 0 saturated carbocycles. The van der Waals surface area contributed by atoms with E-state index in [4.69, 9.17) is 4.98 Å². The van der Waals surface area contributed by atoms with Gasteiger partial charge in [-0.25, -0.2) is 4.98 Å². The number of imidazole rings is 1. The van der Waals surface area contributed by atoms with E-state index in [1.807, 2.05) is 54.9 Å². The van der Waals surface area contributed by atoms with Gasteiger partial charge >= 0.3 is 0 Å². The average Bonchev–Trinajstić information content (AvgIpc) is 3.17. The molecule has 0 amide bonds. The molecule has 4 heterocycles. The molecule has 0 aromatic carbocycles. The molecule has 0 bridgehead atoms. The molecule has 0 fully saturated rings. The Bertz CT molecular complexity index is 1180. The van der Waals surface area contributed by atoms with Crippen molar-refractivity contribution in [3.8, 4) is 22.6 Å². The number of pyridine rings is 3. The van der Waals surface area contributed by atoms with Gasteiger partial charge in [-0.1, -0.05) is 46.3 Å². The number of alkyl halides is 1. The number of fused-ring (bicyclic) bond motifs is 1. The zero-order chi connectivity index (χ0) is 20.1. The van der Waals surface area contributed by atoms with E-state index >= 15 is 0 Å². The smallest absolute Gasteiger partial charge is 0.138 e. The fourth-order valence-corrected chi connectivity index (χ4v) is 3.61. The van der Waals surface area contributed by atoms with Crippen molar-refractivity contribution in [3.63, 3.8) is 0 Å². The summed E-state index contributed by atoms with van der Waals surface area (Å²) >= 11 is 3.43. The van der Waals surface area contributed by atoms with Crippen LogP contribution in [0.3, 0.4) is 0 Å². The van der Waals surface area contributed by atoms with Gasteiger partial charge in [0, 0.05) is 29.5 Å². The predicted octanol–water partition coefficient (Wildman–Crippen LogP) is 6.20. The largest absolute Gasteiger partial charge is 0.299 e. The maximum Gasteiger partial charge on any atom is 0.138 e. The van der Waals surface area contributed by atoms with E-state index in [2.05, 4.69) is 61.5 Å². The Morgan fingerprint density at radius 2 is 1.93 bits per heavy atom. The highest BCUT2D eigenvalue weighted by atomic mass is 79.9. The lowest BCUT2D eigenvalue weighted by Crippen LogP contribution is -1.94. The molecule has 0 radical (unpaired) electrons. The summed E-state index contributed by atoms with van der Waals surface area (Å²) in [7, 11) is 0. The van der Waals surface area contributed by atoms with Crippen molar-refractivity contribution >= 4 is 27.2 Å². The van der Waals surface area contributed by atoms with E-state index in [1.165, 1.54) is 5.57 Å². The second-order valence-corrected chi connectivity index (χ2v) is 7.17. The third-order valence-electron chi connectivity index (χ3n) is 4.74. The molecular formula is C24H21BrN4. The molecule has 4 nitrogen and oxygen atoms in total. The van der Waals surface area contributed by atoms with Gasteiger partial charge in [-0.15, -0.1) is 0 Å². The zero-order valence-corrected chi connectivity index (χ0v) is 17.7. The Balaban J connectivity index is 1.86. The standard InChI is InChI=1S/C24H21BrN4/c1-2-18(9-3-6-13-25)21-17-19(12-15-27-21)24-23(20-10-4-7-14-26-20)28-22-11-5-8-16-29(22)24/h2-8,10-12,14-17H,9,13H2,1H3/b6-3-,18-2+. The molecule has 0 spiro atoms. The van der Waals surface area contributed by atoms with Crippen molar-refractivity contribution < 1.29 is 0 Å². The minimum absolute atomic E-state index is 0.846. The van der Waals surface area contributed by atoms with Crippen LogP contribution in [0.1, 0.15) is 19.0 Å². The van der Waals surface area contributed by atoms with Crippen molar-refractivity contribution in [2.24, 2.45) is 0 Å². The highest BCUT2D eigenvalue weighted by Crippen LogP contribution is 2.33. The Hall–Kier alpha value is -3.05. The van der Waals surface area contributed by atoms with Crippen molar-refractivity contribution in [2.75, 3.05) is 5.33 Å². The average molecular weight is 445 g/mol. The number of nitrogens with zero attached hydrogens (tertiary/aromatic N) is 4. The summed E-state index contributed by atoms with van der Waals surface area (Å²) in [5.74, 6) is 0. The van der Waals surface area contributed by atoms with Crippen molar-refractivity contribution in [1.29, 1.82) is 0 Å². The lowest BCUT2D eigenvalue weighted by Gasteiger charge is -2.09. The summed E-state index contributed by atoms with van der Waals surface area (Å²) < 4.78 is 2.11. The van der Waals surface area contributed by atoms with E-state index < -0.39 is 0 Å². The molecule has 0 aliphatic rings. The van der Waals surface area contributed by atoms with Gasteiger partial charge in [-0.05, 0) is 55.3 Å². The van der Waals surface area contributed by atoms with Gasteiger partial charge < -0.3 is 0 Å². The monoisotopic (exact) mass is 444 g/mol. The first kappa shape index (κ1) is 19.3. The first-order valence-corrected chi connectivity index (χ1v) is 10.7. The summed E-state index contributed by atoms with van der Waals surface area (Å²) in [6, 6.07) is 16.1. The number of aromatic nitrogens is 4. The van der Waals surface area contributed by atoms with Crippen LogP contribution in [0.4, 0.5) is 0 Å². The lowest BCUT2D eigenvalue weighted by atomic mass is 10.0. The van der Waals surface area contributed by atoms with E-state index in [0.29, 0.717) is 0 Å². The highest BCUT2D eigenvalue weighted by molar-refractivity contribution is 9.09. The molecule has 4 rings (SSSR count). The minimum Gasteiger partial charge on any atom is -0.299 e. The van der Waals surface area contributed by atoms with Crippen LogP contribution < -0.4 is 0 Å². The van der Waals surface area contributed by atoms with E-state index in [-0.39, 0.29) is 0 Å². The summed E-state index contributed by atoms with van der Waals surface area (Å²) in [4.78, 5) is 14.0. The van der Waals surface area contributed by atoms with Crippen LogP contribution >= 0.6 is 15.9 Å². The molecule has 0 unspecified atom stereocenters. The highest BCUT2D eigenvalue weighted by Gasteiger charge is 2.17. The van der Waals surface area contributed by atoms with Crippen LogP contribution in [-0.2, 0) is 0 Å². The summed E-state index contributed by atoms with van der Waals surface area (Å²) in [5.41, 5.74) is 6.88. The van der Waals surface area contributed by atoms with Crippen LogP contribution in [0.25, 0.3) is 33.9 Å². The molecular weight excluding hydrogens is 424 g/mol. The van der Waals surface area contributed by atoms with Crippen LogP contribution in [0.15, 0.2) is 85.3 Å². The number of hydrogen-bond donors (Lipinski definition) is 0. The molecule has 0 atom stereocenters. The SMILES string of the molecule is C/C=C(\C/C=C\CBr)c1cc(-c2c(-c3ccccn3)nc3ccccn23)ccn1. The second kappa shape index (κ2) is 8.97. The fraction of sp³-hybridized carbons (Fsp3) is 0.125. The third kappa shape index (κ3) is 4.05. The summed E-state index contributed by atoms with van der Waals surface area (Å²) in [6.45, 7) is 2.05. The van der Waals surface area contributed by atoms with Gasteiger partial charge in [0.1, 0.15) is 11.3 Å². The molecule has 4 aromatic heterocycles. The first-order valence-electron chi connectivity index (χ1n) is 9.53. The van der Waals surface area contributed by atoms with Crippen LogP contribution in [0.5, 0.6) is 0 Å². The summed E-state index contributed by atoms with van der Waals surface area (Å²) in [5, 5.41) is 0.854. The molecule has 29 heavy (non-hydrogen) atoms. The van der Waals surface area contributed by atoms with Crippen LogP contribution in [-0.4, -0.2) is 24.7 Å². The first-order chi connectivity index (χ1) is 14.3. The molecule has 0 saturated heterocycles. The van der Waals surface area contributed by atoms with Gasteiger partial charge in [0.2, 0.25) is 0 Å². The topological polar surface area (TPSA) is 43.1 Å². The number of hydrogen-bond acceptors (Lipinski definition) is 3. The van der Waals surface area contributed by atoms with Gasteiger partial charge in [0.25, 0.3) is 0 Å². The fourth-order valence-electron chi connectivity index (χ4n) is 3.35. The quantitative estimate of drug-likeness (QED) is 0.262. The second-order valence-electron chi connectivity index (χ2n) is 6.53. The summed E-state index contributed by atoms with van der Waals surface area (Å²) in [6.07, 6.45) is 12.9. The maximum atomic E-state index is 4.86. The number of rotatable bonds is 6. The lowest BCUT2D eigenvalue weighted by molar-refractivity contribution is 1.18. The Labute approximate surface area is 178 Å². The van der Waals surface area contributed by atoms with Gasteiger partial charge in [0.05, 0.1) is 17.1 Å². The molecule has 144 valence electrons. The van der Waals surface area contributed by atoms with Crippen LogP contribution in [0, 0.1) is 0 Å². The van der Waals surface area contributed by atoms with Gasteiger partial charge in [-0.3, -0.25) is 14.4 Å². The van der Waals surface area contributed by atoms with Crippen molar-refractivity contribution in [2.45, 2.75) is 13.3 Å². The van der Waals surface area contributed by atoms with Gasteiger partial charge in [-0.2, -0.15) is 0 Å². The predicted molar refractivity (Wildman–Crippen MR) is 123 cm³/mol. The number of halogens is 1. The maximum absolute atomic E-state index is 4.86. The van der Waals surface area contributed by atoms with E-state index in [9.17, 15) is 0 Å². The molecule has 4 aromatic rings. The Morgan fingerprint density at radius 3 is 2.72 bits per heavy atom. The van der Waals surface area contributed by atoms with E-state index in [1.54, 1.807) is 6.20 Å². The van der Waals surface area contributed by atoms with E-state index in [0.717, 1.165) is 45.7 Å². The molecule has 0 aliphatic carbocycles. The molecule has 0 aliphatic heterocycles.